The van der Waals surface area contributed by atoms with Gasteiger partial charge in [0.1, 0.15) is 11.6 Å². The first-order valence-corrected chi connectivity index (χ1v) is 7.77. The third-order valence-corrected chi connectivity index (χ3v) is 4.16. The Morgan fingerprint density at radius 1 is 1.29 bits per heavy atom. The molecule has 2 aromatic heterocycles. The highest BCUT2D eigenvalue weighted by Gasteiger charge is 2.14. The van der Waals surface area contributed by atoms with Crippen molar-refractivity contribution in [2.45, 2.75) is 13.5 Å². The van der Waals surface area contributed by atoms with E-state index in [2.05, 4.69) is 10.3 Å². The Hall–Kier alpha value is -2.34. The molecule has 7 heteroatoms. The summed E-state index contributed by atoms with van der Waals surface area (Å²) in [6.45, 7) is 2.75. The summed E-state index contributed by atoms with van der Waals surface area (Å²) in [6, 6.07) is 6.37. The van der Waals surface area contributed by atoms with E-state index >= 15 is 0 Å². The van der Waals surface area contributed by atoms with Crippen LogP contribution in [0.2, 0.25) is 5.15 Å². The maximum absolute atomic E-state index is 14.3. The molecule has 0 saturated carbocycles. The van der Waals surface area contributed by atoms with Crippen LogP contribution in [0.4, 0.5) is 14.5 Å². The molecule has 3 aromatic rings. The minimum Gasteiger partial charge on any atom is -0.496 e. The van der Waals surface area contributed by atoms with Crippen LogP contribution in [0.3, 0.4) is 0 Å². The zero-order valence-electron chi connectivity index (χ0n) is 13.2. The molecule has 0 unspecified atom stereocenters. The van der Waals surface area contributed by atoms with Crippen LogP contribution in [-0.2, 0) is 6.54 Å². The van der Waals surface area contributed by atoms with Crippen molar-refractivity contribution in [3.63, 3.8) is 0 Å². The molecule has 1 N–H and O–H groups in total. The van der Waals surface area contributed by atoms with Gasteiger partial charge in [0.05, 0.1) is 18.3 Å². The van der Waals surface area contributed by atoms with Gasteiger partial charge in [0, 0.05) is 30.4 Å². The van der Waals surface area contributed by atoms with Gasteiger partial charge in [0.2, 0.25) is 0 Å². The van der Waals surface area contributed by atoms with Crippen molar-refractivity contribution in [3.05, 3.63) is 52.9 Å². The summed E-state index contributed by atoms with van der Waals surface area (Å²) in [7, 11) is 1.55. The molecular formula is C17H16ClF2N3O. The number of aryl methyl sites for hydroxylation is 1. The maximum Gasteiger partial charge on any atom is 0.183 e. The first kappa shape index (κ1) is 16.5. The highest BCUT2D eigenvalue weighted by Crippen LogP contribution is 2.30. The first-order valence-electron chi connectivity index (χ1n) is 7.39. The van der Waals surface area contributed by atoms with E-state index in [0.717, 1.165) is 5.69 Å². The van der Waals surface area contributed by atoms with Crippen LogP contribution in [-0.4, -0.2) is 23.2 Å². The van der Waals surface area contributed by atoms with E-state index in [1.54, 1.807) is 13.2 Å². The number of nitrogens with zero attached hydrogens (tertiary/aromatic N) is 2. The van der Waals surface area contributed by atoms with Crippen LogP contribution in [0.15, 0.2) is 30.5 Å². The molecule has 0 aliphatic rings. The van der Waals surface area contributed by atoms with E-state index in [4.69, 9.17) is 16.3 Å². The molecule has 2 heterocycles. The number of methoxy groups -OCH3 is 1. The lowest BCUT2D eigenvalue weighted by molar-refractivity contribution is 0.419. The van der Waals surface area contributed by atoms with Crippen molar-refractivity contribution < 1.29 is 13.5 Å². The fourth-order valence-electron chi connectivity index (χ4n) is 2.76. The summed E-state index contributed by atoms with van der Waals surface area (Å²) < 4.78 is 35.2. The summed E-state index contributed by atoms with van der Waals surface area (Å²) in [5.41, 5.74) is 1.63. The monoisotopic (exact) mass is 351 g/mol. The predicted octanol–water partition coefficient (Wildman–Crippen LogP) is 4.40. The number of halogens is 3. The zero-order chi connectivity index (χ0) is 17.3. The molecule has 4 nitrogen and oxygen atoms in total. The van der Waals surface area contributed by atoms with Gasteiger partial charge in [0.15, 0.2) is 11.0 Å². The molecule has 0 aliphatic heterocycles. The van der Waals surface area contributed by atoms with Crippen LogP contribution in [0.25, 0.3) is 10.9 Å². The summed E-state index contributed by atoms with van der Waals surface area (Å²) >= 11 is 5.66. The van der Waals surface area contributed by atoms with Crippen LogP contribution in [0, 0.1) is 18.6 Å². The molecule has 0 saturated heterocycles. The molecule has 0 amide bonds. The average molecular weight is 352 g/mol. The smallest absolute Gasteiger partial charge is 0.183 e. The van der Waals surface area contributed by atoms with E-state index in [-0.39, 0.29) is 16.7 Å². The Morgan fingerprint density at radius 3 is 2.83 bits per heavy atom. The summed E-state index contributed by atoms with van der Waals surface area (Å²) in [4.78, 5) is 3.66. The molecular weight excluding hydrogens is 336 g/mol. The quantitative estimate of drug-likeness (QED) is 0.693. The minimum absolute atomic E-state index is 0.182. The van der Waals surface area contributed by atoms with Gasteiger partial charge in [0.25, 0.3) is 0 Å². The molecule has 0 radical (unpaired) electrons. The van der Waals surface area contributed by atoms with Crippen molar-refractivity contribution in [1.82, 2.24) is 9.55 Å². The minimum atomic E-state index is -0.596. The molecule has 1 aromatic carbocycles. The van der Waals surface area contributed by atoms with Crippen LogP contribution in [0.5, 0.6) is 5.75 Å². The summed E-state index contributed by atoms with van der Waals surface area (Å²) in [6.07, 6.45) is 1.43. The molecule has 3 rings (SSSR count). The van der Waals surface area contributed by atoms with Crippen molar-refractivity contribution >= 4 is 28.2 Å². The Bertz CT molecular complexity index is 895. The van der Waals surface area contributed by atoms with E-state index < -0.39 is 5.82 Å². The highest BCUT2D eigenvalue weighted by molar-refractivity contribution is 6.29. The maximum atomic E-state index is 14.3. The van der Waals surface area contributed by atoms with Crippen LogP contribution in [0.1, 0.15) is 5.69 Å². The Morgan fingerprint density at radius 2 is 2.08 bits per heavy atom. The Kier molecular flexibility index (Phi) is 4.57. The molecule has 0 aliphatic carbocycles. The SMILES string of the molecule is COc1ccc(F)c2c1cc(C)n2CCNc1ccnc(Cl)c1F. The molecule has 0 fully saturated rings. The predicted molar refractivity (Wildman–Crippen MR) is 90.9 cm³/mol. The first-order chi connectivity index (χ1) is 11.5. The van der Waals surface area contributed by atoms with Crippen LogP contribution >= 0.6 is 11.6 Å². The molecule has 126 valence electrons. The summed E-state index contributed by atoms with van der Waals surface area (Å²) in [5, 5.41) is 3.49. The second-order valence-corrected chi connectivity index (χ2v) is 5.70. The number of hydrogen-bond acceptors (Lipinski definition) is 3. The van der Waals surface area contributed by atoms with Crippen molar-refractivity contribution in [1.29, 1.82) is 0 Å². The lowest BCUT2D eigenvalue weighted by atomic mass is 10.2. The average Bonchev–Trinajstić information content (AvgIpc) is 2.89. The molecule has 0 bridgehead atoms. The number of aromatic nitrogens is 2. The summed E-state index contributed by atoms with van der Waals surface area (Å²) in [5.74, 6) is -0.300. The molecule has 0 spiro atoms. The van der Waals surface area contributed by atoms with Crippen molar-refractivity contribution in [2.75, 3.05) is 19.0 Å². The van der Waals surface area contributed by atoms with Gasteiger partial charge >= 0.3 is 0 Å². The van der Waals surface area contributed by atoms with Gasteiger partial charge in [-0.1, -0.05) is 11.6 Å². The number of benzene rings is 1. The third kappa shape index (κ3) is 2.89. The lowest BCUT2D eigenvalue weighted by Gasteiger charge is -2.12. The third-order valence-electron chi connectivity index (χ3n) is 3.89. The number of rotatable bonds is 5. The normalized spacial score (nSPS) is 11.0. The van der Waals surface area contributed by atoms with Gasteiger partial charge in [-0.3, -0.25) is 0 Å². The van der Waals surface area contributed by atoms with Gasteiger partial charge < -0.3 is 14.6 Å². The topological polar surface area (TPSA) is 39.1 Å². The Balaban J connectivity index is 1.85. The number of hydrogen-bond donors (Lipinski definition) is 1. The number of pyridine rings is 1. The lowest BCUT2D eigenvalue weighted by Crippen LogP contribution is -2.13. The number of nitrogens with one attached hydrogen (secondary N) is 1. The second-order valence-electron chi connectivity index (χ2n) is 5.34. The number of anilines is 1. The van der Waals surface area contributed by atoms with Gasteiger partial charge in [-0.05, 0) is 31.2 Å². The van der Waals surface area contributed by atoms with Crippen molar-refractivity contribution in [2.24, 2.45) is 0 Å². The zero-order valence-corrected chi connectivity index (χ0v) is 14.0. The van der Waals surface area contributed by atoms with E-state index in [1.807, 2.05) is 17.6 Å². The number of fused-ring (bicyclic) bond motifs is 1. The Labute approximate surface area is 143 Å². The van der Waals surface area contributed by atoms with Gasteiger partial charge in [-0.15, -0.1) is 0 Å². The fourth-order valence-corrected chi connectivity index (χ4v) is 2.92. The van der Waals surface area contributed by atoms with E-state index in [1.165, 1.54) is 18.3 Å². The van der Waals surface area contributed by atoms with E-state index in [0.29, 0.717) is 29.7 Å². The fraction of sp³-hybridized carbons (Fsp3) is 0.235. The molecule has 0 atom stereocenters. The van der Waals surface area contributed by atoms with E-state index in [9.17, 15) is 8.78 Å². The van der Waals surface area contributed by atoms with Crippen molar-refractivity contribution in [3.8, 4) is 5.75 Å². The largest absolute Gasteiger partial charge is 0.496 e. The van der Waals surface area contributed by atoms with Crippen LogP contribution < -0.4 is 10.1 Å². The van der Waals surface area contributed by atoms with Gasteiger partial charge in [-0.25, -0.2) is 13.8 Å². The standard InChI is InChI=1S/C17H16ClF2N3O/c1-10-9-11-14(24-2)4-3-12(19)16(11)23(10)8-7-21-13-5-6-22-17(18)15(13)20/h3-6,9H,7-8H2,1-2H3,(H,21,22). The molecule has 24 heavy (non-hydrogen) atoms. The number of ether oxygens (including phenoxy) is 1. The second kappa shape index (κ2) is 6.65. The van der Waals surface area contributed by atoms with Gasteiger partial charge in [-0.2, -0.15) is 0 Å². The highest BCUT2D eigenvalue weighted by atomic mass is 35.5.